The maximum Gasteiger partial charge on any atom is 0.239 e. The molecule has 4 nitrogen and oxygen atoms in total. The first kappa shape index (κ1) is 13.2. The molecule has 0 aromatic carbocycles. The number of ether oxygens (including phenoxy) is 1. The van der Waals surface area contributed by atoms with E-state index in [1.807, 2.05) is 0 Å². The van der Waals surface area contributed by atoms with Gasteiger partial charge in [0, 0.05) is 19.5 Å². The molecule has 1 aliphatic rings. The molecule has 0 aromatic rings. The van der Waals surface area contributed by atoms with Crippen LogP contribution in [0.2, 0.25) is 0 Å². The van der Waals surface area contributed by atoms with Gasteiger partial charge in [0.2, 0.25) is 5.91 Å². The number of halogens is 1. The fourth-order valence-electron chi connectivity index (χ4n) is 1.11. The average Bonchev–Trinajstić information content (AvgIpc) is 2.19. The summed E-state index contributed by atoms with van der Waals surface area (Å²) < 4.78 is 5.15. The van der Waals surface area contributed by atoms with Crippen molar-refractivity contribution in [2.24, 2.45) is 0 Å². The van der Waals surface area contributed by atoms with Gasteiger partial charge in [0.15, 0.2) is 0 Å². The molecule has 0 aliphatic carbocycles. The van der Waals surface area contributed by atoms with Crippen LogP contribution in [0.5, 0.6) is 0 Å². The third-order valence-corrected chi connectivity index (χ3v) is 1.81. The third kappa shape index (κ3) is 4.47. The van der Waals surface area contributed by atoms with E-state index in [1.165, 1.54) is 0 Å². The van der Waals surface area contributed by atoms with Gasteiger partial charge in [0.05, 0.1) is 13.2 Å². The van der Waals surface area contributed by atoms with Crippen molar-refractivity contribution >= 4 is 18.3 Å². The molecule has 0 bridgehead atoms. The van der Waals surface area contributed by atoms with E-state index in [0.29, 0.717) is 26.2 Å². The number of carbonyl (C=O) groups is 1. The van der Waals surface area contributed by atoms with Crippen molar-refractivity contribution in [3.63, 3.8) is 0 Å². The zero-order valence-corrected chi connectivity index (χ0v) is 8.73. The monoisotopic (exact) mass is 218 g/mol. The molecule has 0 unspecified atom stereocenters. The molecule has 14 heavy (non-hydrogen) atoms. The predicted molar refractivity (Wildman–Crippen MR) is 56.3 cm³/mol. The smallest absolute Gasteiger partial charge is 0.239 e. The average molecular weight is 219 g/mol. The molecule has 1 aliphatic heterocycles. The van der Waals surface area contributed by atoms with Gasteiger partial charge >= 0.3 is 0 Å². The second-order valence-corrected chi connectivity index (χ2v) is 2.83. The summed E-state index contributed by atoms with van der Waals surface area (Å²) in [7, 11) is 0. The largest absolute Gasteiger partial charge is 0.378 e. The van der Waals surface area contributed by atoms with E-state index in [0.717, 1.165) is 6.54 Å². The van der Waals surface area contributed by atoms with Crippen LogP contribution in [0.1, 0.15) is 6.42 Å². The van der Waals surface area contributed by atoms with Crippen LogP contribution in [-0.4, -0.2) is 38.3 Å². The molecule has 1 atom stereocenters. The van der Waals surface area contributed by atoms with Gasteiger partial charge in [0.25, 0.3) is 0 Å². The van der Waals surface area contributed by atoms with Crippen LogP contribution in [0.3, 0.4) is 0 Å². The Bertz CT molecular complexity index is 209. The van der Waals surface area contributed by atoms with Crippen molar-refractivity contribution in [2.45, 2.75) is 12.5 Å². The molecule has 1 rings (SSSR count). The lowest BCUT2D eigenvalue weighted by molar-refractivity contribution is -0.125. The number of rotatable bonds is 3. The molecule has 0 aromatic heterocycles. The van der Waals surface area contributed by atoms with Crippen LogP contribution >= 0.6 is 12.4 Å². The summed E-state index contributed by atoms with van der Waals surface area (Å²) in [5, 5.41) is 5.79. The summed E-state index contributed by atoms with van der Waals surface area (Å²) in [5.41, 5.74) is 0. The second kappa shape index (κ2) is 7.63. The van der Waals surface area contributed by atoms with E-state index >= 15 is 0 Å². The van der Waals surface area contributed by atoms with Crippen molar-refractivity contribution in [3.05, 3.63) is 0 Å². The predicted octanol–water partition coefficient (Wildman–Crippen LogP) is -0.464. The number of morpholine rings is 1. The molecule has 0 saturated carbocycles. The summed E-state index contributed by atoms with van der Waals surface area (Å²) in [6, 6.07) is -0.216. The van der Waals surface area contributed by atoms with Gasteiger partial charge in [-0.15, -0.1) is 24.8 Å². The lowest BCUT2D eigenvalue weighted by atomic mass is 10.2. The van der Waals surface area contributed by atoms with Crippen molar-refractivity contribution in [2.75, 3.05) is 26.3 Å². The van der Waals surface area contributed by atoms with Crippen LogP contribution in [0, 0.1) is 12.3 Å². The summed E-state index contributed by atoms with van der Waals surface area (Å²) in [6.45, 7) is 2.39. The minimum absolute atomic E-state index is 0. The van der Waals surface area contributed by atoms with Gasteiger partial charge < -0.3 is 15.4 Å². The highest BCUT2D eigenvalue weighted by Gasteiger charge is 2.19. The molecule has 1 saturated heterocycles. The first-order valence-electron chi connectivity index (χ1n) is 4.37. The Morgan fingerprint density at radius 1 is 1.71 bits per heavy atom. The Morgan fingerprint density at radius 3 is 3.07 bits per heavy atom. The van der Waals surface area contributed by atoms with E-state index in [2.05, 4.69) is 16.6 Å². The van der Waals surface area contributed by atoms with Crippen LogP contribution in [-0.2, 0) is 9.53 Å². The summed E-state index contributed by atoms with van der Waals surface area (Å²) in [6.07, 6.45) is 5.62. The highest BCUT2D eigenvalue weighted by atomic mass is 35.5. The minimum Gasteiger partial charge on any atom is -0.378 e. The summed E-state index contributed by atoms with van der Waals surface area (Å²) in [4.78, 5) is 11.4. The van der Waals surface area contributed by atoms with E-state index < -0.39 is 0 Å². The van der Waals surface area contributed by atoms with Crippen molar-refractivity contribution in [1.82, 2.24) is 10.6 Å². The topological polar surface area (TPSA) is 50.4 Å². The first-order valence-corrected chi connectivity index (χ1v) is 4.37. The Labute approximate surface area is 90.2 Å². The minimum atomic E-state index is -0.216. The zero-order valence-electron chi connectivity index (χ0n) is 7.91. The molecular weight excluding hydrogens is 204 g/mol. The molecule has 1 heterocycles. The Kier molecular flexibility index (Phi) is 7.21. The number of hydrogen-bond acceptors (Lipinski definition) is 3. The fourth-order valence-corrected chi connectivity index (χ4v) is 1.11. The maximum absolute atomic E-state index is 11.4. The Hall–Kier alpha value is -0.760. The van der Waals surface area contributed by atoms with E-state index in [-0.39, 0.29) is 24.4 Å². The lowest BCUT2D eigenvalue weighted by Crippen LogP contribution is -2.51. The zero-order chi connectivity index (χ0) is 9.52. The second-order valence-electron chi connectivity index (χ2n) is 2.83. The maximum atomic E-state index is 11.4. The number of carbonyl (C=O) groups excluding carboxylic acids is 1. The van der Waals surface area contributed by atoms with E-state index in [9.17, 15) is 4.79 Å². The normalized spacial score (nSPS) is 20.4. The highest BCUT2D eigenvalue weighted by molar-refractivity contribution is 5.85. The van der Waals surface area contributed by atoms with Gasteiger partial charge in [-0.25, -0.2) is 0 Å². The Balaban J connectivity index is 0.00000169. The lowest BCUT2D eigenvalue weighted by Gasteiger charge is -2.22. The molecule has 1 amide bonds. The fraction of sp³-hybridized carbons (Fsp3) is 0.667. The Morgan fingerprint density at radius 2 is 2.50 bits per heavy atom. The molecule has 1 fully saturated rings. The van der Waals surface area contributed by atoms with Gasteiger partial charge in [0.1, 0.15) is 6.04 Å². The molecule has 80 valence electrons. The van der Waals surface area contributed by atoms with Crippen LogP contribution in [0.25, 0.3) is 0 Å². The number of hydrogen-bond donors (Lipinski definition) is 2. The summed E-state index contributed by atoms with van der Waals surface area (Å²) >= 11 is 0. The van der Waals surface area contributed by atoms with Gasteiger partial charge in [-0.05, 0) is 0 Å². The van der Waals surface area contributed by atoms with Crippen molar-refractivity contribution < 1.29 is 9.53 Å². The van der Waals surface area contributed by atoms with Crippen LogP contribution in [0.15, 0.2) is 0 Å². The quantitative estimate of drug-likeness (QED) is 0.498. The number of nitrogens with one attached hydrogen (secondary N) is 2. The molecule has 2 N–H and O–H groups in total. The molecular formula is C9H15ClN2O2. The van der Waals surface area contributed by atoms with Gasteiger partial charge in [-0.1, -0.05) is 0 Å². The van der Waals surface area contributed by atoms with Crippen LogP contribution < -0.4 is 10.6 Å². The van der Waals surface area contributed by atoms with Crippen molar-refractivity contribution in [3.8, 4) is 12.3 Å². The molecule has 5 heteroatoms. The third-order valence-electron chi connectivity index (χ3n) is 1.81. The van der Waals surface area contributed by atoms with E-state index in [4.69, 9.17) is 11.2 Å². The highest BCUT2D eigenvalue weighted by Crippen LogP contribution is 1.92. The van der Waals surface area contributed by atoms with Gasteiger partial charge in [-0.3, -0.25) is 4.79 Å². The number of terminal acetylenes is 1. The standard InChI is InChI=1S/C9H14N2O2.ClH/c1-2-3-4-11-9(12)8-7-13-6-5-10-8;/h1,8,10H,3-7H2,(H,11,12);1H/t8-;/m1./s1. The molecule has 0 spiro atoms. The molecule has 0 radical (unpaired) electrons. The number of amides is 1. The summed E-state index contributed by atoms with van der Waals surface area (Å²) in [5.74, 6) is 2.43. The van der Waals surface area contributed by atoms with Gasteiger partial charge in [-0.2, -0.15) is 0 Å². The van der Waals surface area contributed by atoms with Crippen molar-refractivity contribution in [1.29, 1.82) is 0 Å². The SMILES string of the molecule is C#CCCNC(=O)[C@H]1COCCN1.Cl. The first-order chi connectivity index (χ1) is 6.34. The van der Waals surface area contributed by atoms with Crippen LogP contribution in [0.4, 0.5) is 0 Å². The van der Waals surface area contributed by atoms with E-state index in [1.54, 1.807) is 0 Å².